The lowest BCUT2D eigenvalue weighted by Crippen LogP contribution is -2.43. The molecule has 0 radical (unpaired) electrons. The van der Waals surface area contributed by atoms with Gasteiger partial charge < -0.3 is 9.84 Å². The van der Waals surface area contributed by atoms with E-state index < -0.39 is 0 Å². The topological polar surface area (TPSA) is 54.2 Å². The maximum absolute atomic E-state index is 14.0. The van der Waals surface area contributed by atoms with Gasteiger partial charge in [0.2, 0.25) is 0 Å². The number of aromatic nitrogens is 2. The summed E-state index contributed by atoms with van der Waals surface area (Å²) >= 11 is 3.15. The van der Waals surface area contributed by atoms with Crippen LogP contribution in [-0.4, -0.2) is 41.2 Å². The van der Waals surface area contributed by atoms with Gasteiger partial charge in [-0.15, -0.1) is 0 Å². The standard InChI is InChI=1S/C13H14BrFN4O/c14-10-3-1-2-9(12(10)15)13-17-11(18-20-13)8-19-6-4-16-5-7-19/h1-3,16H,4-8H2. The van der Waals surface area contributed by atoms with Crippen LogP contribution in [0, 0.1) is 5.82 Å². The van der Waals surface area contributed by atoms with E-state index in [0.717, 1.165) is 26.2 Å². The van der Waals surface area contributed by atoms with Gasteiger partial charge in [0.25, 0.3) is 5.89 Å². The zero-order chi connectivity index (χ0) is 13.9. The predicted molar refractivity (Wildman–Crippen MR) is 75.5 cm³/mol. The second-order valence-corrected chi connectivity index (χ2v) is 5.50. The second kappa shape index (κ2) is 5.99. The Bertz CT molecular complexity index is 598. The number of hydrogen-bond acceptors (Lipinski definition) is 5. The van der Waals surface area contributed by atoms with E-state index in [1.807, 2.05) is 0 Å². The van der Waals surface area contributed by atoms with E-state index in [-0.39, 0.29) is 11.7 Å². The highest BCUT2D eigenvalue weighted by Gasteiger charge is 2.17. The van der Waals surface area contributed by atoms with Crippen molar-refractivity contribution in [2.24, 2.45) is 0 Å². The van der Waals surface area contributed by atoms with Crippen LogP contribution in [0.4, 0.5) is 4.39 Å². The summed E-state index contributed by atoms with van der Waals surface area (Å²) < 4.78 is 19.5. The van der Waals surface area contributed by atoms with Crippen LogP contribution < -0.4 is 5.32 Å². The van der Waals surface area contributed by atoms with Crippen molar-refractivity contribution in [1.82, 2.24) is 20.4 Å². The van der Waals surface area contributed by atoms with E-state index in [1.165, 1.54) is 0 Å². The lowest BCUT2D eigenvalue weighted by atomic mass is 10.2. The molecule has 0 saturated carbocycles. The maximum Gasteiger partial charge on any atom is 0.260 e. The minimum absolute atomic E-state index is 0.217. The molecule has 7 heteroatoms. The Balaban J connectivity index is 1.77. The van der Waals surface area contributed by atoms with Crippen molar-refractivity contribution in [2.75, 3.05) is 26.2 Å². The molecule has 1 aliphatic heterocycles. The first-order chi connectivity index (χ1) is 9.74. The maximum atomic E-state index is 14.0. The first-order valence-corrected chi connectivity index (χ1v) is 7.23. The van der Waals surface area contributed by atoms with Crippen LogP contribution in [0.2, 0.25) is 0 Å². The summed E-state index contributed by atoms with van der Waals surface area (Å²) in [6.45, 7) is 4.46. The first-order valence-electron chi connectivity index (χ1n) is 6.44. The van der Waals surface area contributed by atoms with Gasteiger partial charge in [-0.3, -0.25) is 4.90 Å². The van der Waals surface area contributed by atoms with Crippen LogP contribution >= 0.6 is 15.9 Å². The van der Waals surface area contributed by atoms with Crippen molar-refractivity contribution in [1.29, 1.82) is 0 Å². The fourth-order valence-corrected chi connectivity index (χ4v) is 2.53. The summed E-state index contributed by atoms with van der Waals surface area (Å²) in [5.41, 5.74) is 0.318. The molecule has 1 saturated heterocycles. The van der Waals surface area contributed by atoms with Crippen molar-refractivity contribution < 1.29 is 8.91 Å². The normalized spacial score (nSPS) is 16.5. The van der Waals surface area contributed by atoms with E-state index in [9.17, 15) is 4.39 Å². The molecule has 0 unspecified atom stereocenters. The minimum atomic E-state index is -0.384. The number of benzene rings is 1. The molecular weight excluding hydrogens is 327 g/mol. The average molecular weight is 341 g/mol. The number of nitrogens with zero attached hydrogens (tertiary/aromatic N) is 3. The molecule has 0 aliphatic carbocycles. The third-order valence-corrected chi connectivity index (χ3v) is 3.84. The zero-order valence-electron chi connectivity index (χ0n) is 10.8. The fourth-order valence-electron chi connectivity index (χ4n) is 2.17. The Morgan fingerprint density at radius 3 is 2.95 bits per heavy atom. The molecule has 5 nitrogen and oxygen atoms in total. The van der Waals surface area contributed by atoms with Crippen LogP contribution in [0.3, 0.4) is 0 Å². The van der Waals surface area contributed by atoms with Crippen LogP contribution in [-0.2, 0) is 6.54 Å². The summed E-state index contributed by atoms with van der Waals surface area (Å²) in [6.07, 6.45) is 0. The van der Waals surface area contributed by atoms with Crippen molar-refractivity contribution in [2.45, 2.75) is 6.54 Å². The SMILES string of the molecule is Fc1c(Br)cccc1-c1nc(CN2CCNCC2)no1. The van der Waals surface area contributed by atoms with E-state index in [0.29, 0.717) is 22.4 Å². The summed E-state index contributed by atoms with van der Waals surface area (Å²) in [7, 11) is 0. The molecule has 1 aromatic carbocycles. The van der Waals surface area contributed by atoms with Crippen LogP contribution in [0.15, 0.2) is 27.2 Å². The van der Waals surface area contributed by atoms with Gasteiger partial charge in [-0.25, -0.2) is 4.39 Å². The van der Waals surface area contributed by atoms with E-state index in [2.05, 4.69) is 36.3 Å². The largest absolute Gasteiger partial charge is 0.334 e. The van der Waals surface area contributed by atoms with Gasteiger partial charge in [-0.1, -0.05) is 11.2 Å². The molecule has 2 heterocycles. The lowest BCUT2D eigenvalue weighted by Gasteiger charge is -2.25. The number of nitrogens with one attached hydrogen (secondary N) is 1. The Hall–Kier alpha value is -1.31. The van der Waals surface area contributed by atoms with Crippen LogP contribution in [0.5, 0.6) is 0 Å². The Kier molecular flexibility index (Phi) is 4.09. The summed E-state index contributed by atoms with van der Waals surface area (Å²) in [6, 6.07) is 5.00. The van der Waals surface area contributed by atoms with Crippen molar-refractivity contribution >= 4 is 15.9 Å². The van der Waals surface area contributed by atoms with E-state index >= 15 is 0 Å². The number of halogens is 2. The molecule has 0 atom stereocenters. The monoisotopic (exact) mass is 340 g/mol. The van der Waals surface area contributed by atoms with Gasteiger partial charge >= 0.3 is 0 Å². The highest BCUT2D eigenvalue weighted by atomic mass is 79.9. The van der Waals surface area contributed by atoms with Gasteiger partial charge in [0.05, 0.1) is 16.6 Å². The minimum Gasteiger partial charge on any atom is -0.334 e. The van der Waals surface area contributed by atoms with E-state index in [4.69, 9.17) is 4.52 Å². The van der Waals surface area contributed by atoms with Gasteiger partial charge in [0.15, 0.2) is 5.82 Å². The Morgan fingerprint density at radius 2 is 2.15 bits per heavy atom. The first kappa shape index (κ1) is 13.7. The molecule has 1 fully saturated rings. The Labute approximate surface area is 124 Å². The van der Waals surface area contributed by atoms with Gasteiger partial charge in [-0.2, -0.15) is 4.98 Å². The third kappa shape index (κ3) is 2.89. The molecule has 1 aromatic heterocycles. The second-order valence-electron chi connectivity index (χ2n) is 4.64. The molecule has 1 aliphatic rings. The zero-order valence-corrected chi connectivity index (χ0v) is 12.4. The summed E-state index contributed by atoms with van der Waals surface area (Å²) in [4.78, 5) is 6.51. The quantitative estimate of drug-likeness (QED) is 0.926. The lowest BCUT2D eigenvalue weighted by molar-refractivity contribution is 0.225. The van der Waals surface area contributed by atoms with Crippen LogP contribution in [0.1, 0.15) is 5.82 Å². The van der Waals surface area contributed by atoms with Crippen molar-refractivity contribution in [3.8, 4) is 11.5 Å². The average Bonchev–Trinajstić information content (AvgIpc) is 2.91. The molecule has 0 bridgehead atoms. The highest BCUT2D eigenvalue weighted by Crippen LogP contribution is 2.26. The Morgan fingerprint density at radius 1 is 1.35 bits per heavy atom. The van der Waals surface area contributed by atoms with Gasteiger partial charge in [0, 0.05) is 26.2 Å². The highest BCUT2D eigenvalue weighted by molar-refractivity contribution is 9.10. The molecule has 0 amide bonds. The van der Waals surface area contributed by atoms with E-state index in [1.54, 1.807) is 18.2 Å². The third-order valence-electron chi connectivity index (χ3n) is 3.22. The predicted octanol–water partition coefficient (Wildman–Crippen LogP) is 2.04. The molecule has 1 N–H and O–H groups in total. The van der Waals surface area contributed by atoms with Crippen LogP contribution in [0.25, 0.3) is 11.5 Å². The fraction of sp³-hybridized carbons (Fsp3) is 0.385. The van der Waals surface area contributed by atoms with Gasteiger partial charge in [-0.05, 0) is 28.1 Å². The molecule has 0 spiro atoms. The van der Waals surface area contributed by atoms with Crippen molar-refractivity contribution in [3.05, 3.63) is 34.3 Å². The van der Waals surface area contributed by atoms with Gasteiger partial charge in [0.1, 0.15) is 5.82 Å². The molecular formula is C13H14BrFN4O. The molecule has 20 heavy (non-hydrogen) atoms. The summed E-state index contributed by atoms with van der Waals surface area (Å²) in [5, 5.41) is 7.21. The summed E-state index contributed by atoms with van der Waals surface area (Å²) in [5.74, 6) is 0.417. The number of hydrogen-bond donors (Lipinski definition) is 1. The number of rotatable bonds is 3. The number of piperazine rings is 1. The molecule has 106 valence electrons. The molecule has 2 aromatic rings. The molecule has 3 rings (SSSR count). The van der Waals surface area contributed by atoms with Crippen molar-refractivity contribution in [3.63, 3.8) is 0 Å². The smallest absolute Gasteiger partial charge is 0.260 e.